The normalized spacial score (nSPS) is 13.8. The van der Waals surface area contributed by atoms with E-state index in [1.54, 1.807) is 22.9 Å². The minimum Gasteiger partial charge on any atom is -0.486 e. The van der Waals surface area contributed by atoms with Crippen LogP contribution in [0.3, 0.4) is 0 Å². The molecule has 0 N–H and O–H groups in total. The maximum Gasteiger partial charge on any atom is 0.269 e. The van der Waals surface area contributed by atoms with Gasteiger partial charge in [-0.3, -0.25) is 15.1 Å². The standard InChI is InChI=1S/C22H20N4O4S/c1-3-10-23-22-25(19(14-31-22)16-4-7-18(8-5-16)26(27)28)24-15(2)17-6-9-20-21(13-17)30-12-11-29-20/h3-9,13-14H,1,10-12H2,2H3. The van der Waals surface area contributed by atoms with E-state index in [-0.39, 0.29) is 5.69 Å². The van der Waals surface area contributed by atoms with Crippen molar-refractivity contribution in [1.82, 2.24) is 4.68 Å². The molecule has 0 saturated heterocycles. The van der Waals surface area contributed by atoms with Crippen LogP contribution in [-0.2, 0) is 0 Å². The fraction of sp³-hybridized carbons (Fsp3) is 0.182. The number of hydrogen-bond donors (Lipinski definition) is 0. The number of hydrogen-bond acceptors (Lipinski definition) is 7. The molecule has 0 amide bonds. The number of aromatic nitrogens is 1. The Balaban J connectivity index is 1.77. The third-order valence-corrected chi connectivity index (χ3v) is 5.48. The molecule has 1 aromatic heterocycles. The number of non-ortho nitro benzene ring substituents is 1. The lowest BCUT2D eigenvalue weighted by Crippen LogP contribution is -2.16. The first-order valence-corrected chi connectivity index (χ1v) is 10.5. The second-order valence-electron chi connectivity index (χ2n) is 6.69. The summed E-state index contributed by atoms with van der Waals surface area (Å²) in [5, 5.41) is 17.7. The van der Waals surface area contributed by atoms with Crippen LogP contribution < -0.4 is 14.3 Å². The summed E-state index contributed by atoms with van der Waals surface area (Å²) in [6, 6.07) is 12.1. The number of fused-ring (bicyclic) bond motifs is 1. The lowest BCUT2D eigenvalue weighted by molar-refractivity contribution is -0.384. The Morgan fingerprint density at radius 1 is 1.23 bits per heavy atom. The van der Waals surface area contributed by atoms with Crippen LogP contribution in [0.15, 0.2) is 70.6 Å². The lowest BCUT2D eigenvalue weighted by atomic mass is 10.1. The summed E-state index contributed by atoms with van der Waals surface area (Å²) < 4.78 is 13.0. The molecule has 0 aliphatic carbocycles. The van der Waals surface area contributed by atoms with Crippen molar-refractivity contribution >= 4 is 22.7 Å². The summed E-state index contributed by atoms with van der Waals surface area (Å²) in [6.07, 6.45) is 1.72. The van der Waals surface area contributed by atoms with Crippen LogP contribution in [0.25, 0.3) is 11.3 Å². The third kappa shape index (κ3) is 4.41. The number of rotatable bonds is 6. The van der Waals surface area contributed by atoms with Crippen molar-refractivity contribution < 1.29 is 14.4 Å². The number of benzene rings is 2. The Morgan fingerprint density at radius 3 is 2.68 bits per heavy atom. The van der Waals surface area contributed by atoms with E-state index in [0.29, 0.717) is 30.3 Å². The SMILES string of the molecule is C=CCN=c1scc(-c2ccc([N+](=O)[O-])cc2)n1N=C(C)c1ccc2c(c1)OCCO2. The Bertz CT molecular complexity index is 1230. The van der Waals surface area contributed by atoms with Gasteiger partial charge in [-0.2, -0.15) is 5.10 Å². The summed E-state index contributed by atoms with van der Waals surface area (Å²) in [6.45, 7) is 7.14. The zero-order valence-electron chi connectivity index (χ0n) is 16.9. The van der Waals surface area contributed by atoms with E-state index < -0.39 is 4.92 Å². The largest absolute Gasteiger partial charge is 0.486 e. The van der Waals surface area contributed by atoms with Gasteiger partial charge in [0.05, 0.1) is 22.9 Å². The predicted molar refractivity (Wildman–Crippen MR) is 120 cm³/mol. The van der Waals surface area contributed by atoms with Gasteiger partial charge in [-0.1, -0.05) is 6.08 Å². The number of thiazole rings is 1. The van der Waals surface area contributed by atoms with E-state index in [1.807, 2.05) is 30.5 Å². The van der Waals surface area contributed by atoms with Gasteiger partial charge >= 0.3 is 0 Å². The van der Waals surface area contributed by atoms with Gasteiger partial charge in [0.25, 0.3) is 5.69 Å². The first-order valence-electron chi connectivity index (χ1n) is 9.59. The van der Waals surface area contributed by atoms with Crippen LogP contribution in [0.5, 0.6) is 11.5 Å². The van der Waals surface area contributed by atoms with Crippen molar-refractivity contribution in [2.75, 3.05) is 19.8 Å². The topological polar surface area (TPSA) is 91.2 Å². The minimum atomic E-state index is -0.416. The van der Waals surface area contributed by atoms with Crippen LogP contribution in [-0.4, -0.2) is 35.1 Å². The number of ether oxygens (including phenoxy) is 2. The van der Waals surface area contributed by atoms with Gasteiger partial charge in [0.1, 0.15) is 13.2 Å². The molecule has 9 heteroatoms. The van der Waals surface area contributed by atoms with Crippen LogP contribution in [0.1, 0.15) is 12.5 Å². The van der Waals surface area contributed by atoms with E-state index in [1.165, 1.54) is 23.5 Å². The molecule has 1 aliphatic rings. The van der Waals surface area contributed by atoms with Gasteiger partial charge in [-0.25, -0.2) is 4.68 Å². The molecule has 158 valence electrons. The fourth-order valence-electron chi connectivity index (χ4n) is 3.08. The van der Waals surface area contributed by atoms with Gasteiger partial charge in [0.2, 0.25) is 4.80 Å². The molecule has 2 heterocycles. The highest BCUT2D eigenvalue weighted by molar-refractivity contribution is 7.07. The monoisotopic (exact) mass is 436 g/mol. The van der Waals surface area contributed by atoms with Gasteiger partial charge in [-0.15, -0.1) is 17.9 Å². The lowest BCUT2D eigenvalue weighted by Gasteiger charge is -2.18. The Labute approximate surface area is 182 Å². The summed E-state index contributed by atoms with van der Waals surface area (Å²) in [5.41, 5.74) is 3.30. The minimum absolute atomic E-state index is 0.0399. The summed E-state index contributed by atoms with van der Waals surface area (Å²) >= 11 is 1.44. The Hall–Kier alpha value is -3.72. The predicted octanol–water partition coefficient (Wildman–Crippen LogP) is 4.26. The van der Waals surface area contributed by atoms with Crippen molar-refractivity contribution in [3.05, 3.63) is 81.0 Å². The average molecular weight is 436 g/mol. The molecule has 4 rings (SSSR count). The first kappa shape index (κ1) is 20.5. The van der Waals surface area contributed by atoms with Gasteiger partial charge in [-0.05, 0) is 37.3 Å². The zero-order chi connectivity index (χ0) is 21.8. The second-order valence-corrected chi connectivity index (χ2v) is 7.53. The van der Waals surface area contributed by atoms with E-state index >= 15 is 0 Å². The Morgan fingerprint density at radius 2 is 1.97 bits per heavy atom. The molecule has 0 saturated carbocycles. The van der Waals surface area contributed by atoms with E-state index in [2.05, 4.69) is 11.6 Å². The number of nitrogens with zero attached hydrogens (tertiary/aromatic N) is 4. The highest BCUT2D eigenvalue weighted by atomic mass is 32.1. The molecule has 0 radical (unpaired) electrons. The van der Waals surface area contributed by atoms with Crippen LogP contribution in [0.2, 0.25) is 0 Å². The molecule has 0 fully saturated rings. The molecule has 8 nitrogen and oxygen atoms in total. The fourth-order valence-corrected chi connectivity index (χ4v) is 3.92. The molecule has 2 aromatic carbocycles. The van der Waals surface area contributed by atoms with Crippen LogP contribution >= 0.6 is 11.3 Å². The molecular weight excluding hydrogens is 416 g/mol. The molecule has 0 spiro atoms. The third-order valence-electron chi connectivity index (χ3n) is 4.62. The molecule has 0 bridgehead atoms. The highest BCUT2D eigenvalue weighted by Gasteiger charge is 2.14. The summed E-state index contributed by atoms with van der Waals surface area (Å²) in [7, 11) is 0. The van der Waals surface area contributed by atoms with Crippen LogP contribution in [0, 0.1) is 10.1 Å². The number of nitro groups is 1. The molecular formula is C22H20N4O4S. The van der Waals surface area contributed by atoms with Crippen LogP contribution in [0.4, 0.5) is 5.69 Å². The molecule has 0 unspecified atom stereocenters. The van der Waals surface area contributed by atoms with Gasteiger partial charge in [0, 0.05) is 28.6 Å². The maximum absolute atomic E-state index is 11.0. The maximum atomic E-state index is 11.0. The van der Waals surface area contributed by atoms with E-state index in [4.69, 9.17) is 14.6 Å². The molecule has 0 atom stereocenters. The molecule has 31 heavy (non-hydrogen) atoms. The summed E-state index contributed by atoms with van der Waals surface area (Å²) in [5.74, 6) is 1.42. The first-order chi connectivity index (χ1) is 15.1. The highest BCUT2D eigenvalue weighted by Crippen LogP contribution is 2.31. The van der Waals surface area contributed by atoms with Crippen molar-refractivity contribution in [3.63, 3.8) is 0 Å². The smallest absolute Gasteiger partial charge is 0.269 e. The summed E-state index contributed by atoms with van der Waals surface area (Å²) in [4.78, 5) is 15.8. The Kier molecular flexibility index (Phi) is 5.94. The van der Waals surface area contributed by atoms with Crippen molar-refractivity contribution in [2.45, 2.75) is 6.92 Å². The zero-order valence-corrected chi connectivity index (χ0v) is 17.7. The van der Waals surface area contributed by atoms with E-state index in [0.717, 1.165) is 28.3 Å². The number of nitro benzene ring substituents is 1. The van der Waals surface area contributed by atoms with Crippen molar-refractivity contribution in [3.8, 4) is 22.8 Å². The van der Waals surface area contributed by atoms with Gasteiger partial charge in [0.15, 0.2) is 11.5 Å². The van der Waals surface area contributed by atoms with Crippen molar-refractivity contribution in [2.24, 2.45) is 10.1 Å². The molecule has 3 aromatic rings. The average Bonchev–Trinajstić information content (AvgIpc) is 3.19. The van der Waals surface area contributed by atoms with Crippen molar-refractivity contribution in [1.29, 1.82) is 0 Å². The second kappa shape index (κ2) is 8.97. The molecule has 1 aliphatic heterocycles. The van der Waals surface area contributed by atoms with Gasteiger partial charge < -0.3 is 9.47 Å². The quantitative estimate of drug-likeness (QED) is 0.250. The van der Waals surface area contributed by atoms with E-state index in [9.17, 15) is 10.1 Å².